The second-order valence-corrected chi connectivity index (χ2v) is 4.30. The normalized spacial score (nSPS) is 12.5. The molecule has 0 heterocycles. The van der Waals surface area contributed by atoms with Gasteiger partial charge in [0.05, 0.1) is 7.11 Å². The fraction of sp³-hybridized carbons (Fsp3) is 0.462. The van der Waals surface area contributed by atoms with Gasteiger partial charge in [0.2, 0.25) is 5.91 Å². The fourth-order valence-corrected chi connectivity index (χ4v) is 1.83. The maximum atomic E-state index is 11.0. The summed E-state index contributed by atoms with van der Waals surface area (Å²) in [4.78, 5) is 11.0. The summed E-state index contributed by atoms with van der Waals surface area (Å²) in [5.41, 5.74) is 6.37. The van der Waals surface area contributed by atoms with Crippen LogP contribution in [0.25, 0.3) is 0 Å². The highest BCUT2D eigenvalue weighted by molar-refractivity contribution is 5.74. The first-order valence-corrected chi connectivity index (χ1v) is 5.47. The summed E-state index contributed by atoms with van der Waals surface area (Å²) in [5.74, 6) is 1.08. The molecule has 1 aromatic rings. The Kier molecular flexibility index (Phi) is 4.35. The van der Waals surface area contributed by atoms with E-state index in [1.54, 1.807) is 7.11 Å². The Labute approximate surface area is 96.6 Å². The van der Waals surface area contributed by atoms with Crippen molar-refractivity contribution < 1.29 is 9.53 Å². The van der Waals surface area contributed by atoms with E-state index in [1.807, 2.05) is 24.3 Å². The van der Waals surface area contributed by atoms with Crippen LogP contribution in [0.1, 0.15) is 31.7 Å². The van der Waals surface area contributed by atoms with Gasteiger partial charge in [0, 0.05) is 6.42 Å². The van der Waals surface area contributed by atoms with Gasteiger partial charge in [0.15, 0.2) is 0 Å². The Hall–Kier alpha value is -1.51. The molecule has 16 heavy (non-hydrogen) atoms. The Morgan fingerprint density at radius 3 is 2.62 bits per heavy atom. The molecular formula is C13H19NO2. The minimum Gasteiger partial charge on any atom is -0.497 e. The van der Waals surface area contributed by atoms with Crippen LogP contribution in [-0.4, -0.2) is 13.0 Å². The van der Waals surface area contributed by atoms with E-state index in [-0.39, 0.29) is 11.8 Å². The van der Waals surface area contributed by atoms with Crippen molar-refractivity contribution in [2.75, 3.05) is 7.11 Å². The highest BCUT2D eigenvalue weighted by Gasteiger charge is 2.18. The summed E-state index contributed by atoms with van der Waals surface area (Å²) in [6, 6.07) is 7.80. The molecule has 0 aliphatic carbocycles. The number of hydrogen-bond acceptors (Lipinski definition) is 2. The summed E-state index contributed by atoms with van der Waals surface area (Å²) in [6.45, 7) is 4.18. The standard InChI is InChI=1S/C13H19NO2/c1-9(2)12(8-13(14)15)10-5-4-6-11(7-10)16-3/h4-7,9,12H,8H2,1-3H3,(H2,14,15). The molecule has 3 heteroatoms. The van der Waals surface area contributed by atoms with E-state index in [0.717, 1.165) is 11.3 Å². The van der Waals surface area contributed by atoms with E-state index in [9.17, 15) is 4.79 Å². The molecule has 0 spiro atoms. The molecule has 0 saturated heterocycles. The second-order valence-electron chi connectivity index (χ2n) is 4.30. The van der Waals surface area contributed by atoms with Gasteiger partial charge >= 0.3 is 0 Å². The molecule has 0 fully saturated rings. The Bertz CT molecular complexity index is 361. The first kappa shape index (κ1) is 12.6. The van der Waals surface area contributed by atoms with Crippen molar-refractivity contribution >= 4 is 5.91 Å². The molecule has 0 aromatic heterocycles. The van der Waals surface area contributed by atoms with Crippen LogP contribution >= 0.6 is 0 Å². The van der Waals surface area contributed by atoms with Crippen LogP contribution in [0.4, 0.5) is 0 Å². The number of ether oxygens (including phenoxy) is 1. The predicted octanol–water partition coefficient (Wildman–Crippen LogP) is 2.31. The van der Waals surface area contributed by atoms with Gasteiger partial charge in [-0.1, -0.05) is 26.0 Å². The number of rotatable bonds is 5. The van der Waals surface area contributed by atoms with Crippen LogP contribution in [-0.2, 0) is 4.79 Å². The maximum absolute atomic E-state index is 11.0. The van der Waals surface area contributed by atoms with E-state index in [4.69, 9.17) is 10.5 Å². The van der Waals surface area contributed by atoms with Gasteiger partial charge in [-0.3, -0.25) is 4.79 Å². The van der Waals surface area contributed by atoms with Crippen molar-refractivity contribution in [3.8, 4) is 5.75 Å². The van der Waals surface area contributed by atoms with E-state index >= 15 is 0 Å². The van der Waals surface area contributed by atoms with Crippen molar-refractivity contribution in [2.45, 2.75) is 26.2 Å². The third-order valence-corrected chi connectivity index (χ3v) is 2.75. The van der Waals surface area contributed by atoms with Crippen LogP contribution in [0.3, 0.4) is 0 Å². The number of benzene rings is 1. The van der Waals surface area contributed by atoms with E-state index in [0.29, 0.717) is 12.3 Å². The lowest BCUT2D eigenvalue weighted by atomic mass is 9.85. The van der Waals surface area contributed by atoms with Gasteiger partial charge in [-0.2, -0.15) is 0 Å². The lowest BCUT2D eigenvalue weighted by Crippen LogP contribution is -2.18. The topological polar surface area (TPSA) is 52.3 Å². The molecule has 0 saturated carbocycles. The third-order valence-electron chi connectivity index (χ3n) is 2.75. The van der Waals surface area contributed by atoms with Gasteiger partial charge in [-0.25, -0.2) is 0 Å². The molecule has 0 radical (unpaired) electrons. The van der Waals surface area contributed by atoms with Crippen molar-refractivity contribution in [1.82, 2.24) is 0 Å². The summed E-state index contributed by atoms with van der Waals surface area (Å²) < 4.78 is 5.17. The molecule has 1 amide bonds. The molecule has 0 aliphatic heterocycles. The Morgan fingerprint density at radius 1 is 1.44 bits per heavy atom. The molecule has 1 unspecified atom stereocenters. The number of hydrogen-bond donors (Lipinski definition) is 1. The average molecular weight is 221 g/mol. The molecule has 2 N–H and O–H groups in total. The molecule has 0 aliphatic rings. The van der Waals surface area contributed by atoms with Gasteiger partial charge in [-0.15, -0.1) is 0 Å². The first-order valence-electron chi connectivity index (χ1n) is 5.47. The van der Waals surface area contributed by atoms with E-state index < -0.39 is 0 Å². The molecule has 1 rings (SSSR count). The largest absolute Gasteiger partial charge is 0.497 e. The smallest absolute Gasteiger partial charge is 0.218 e. The van der Waals surface area contributed by atoms with Crippen LogP contribution in [0.5, 0.6) is 5.75 Å². The SMILES string of the molecule is COc1cccc(C(CC(N)=O)C(C)C)c1. The highest BCUT2D eigenvalue weighted by Crippen LogP contribution is 2.29. The first-order chi connectivity index (χ1) is 7.54. The molecule has 1 aromatic carbocycles. The lowest BCUT2D eigenvalue weighted by Gasteiger charge is -2.20. The number of primary amides is 1. The summed E-state index contributed by atoms with van der Waals surface area (Å²) in [6.07, 6.45) is 0.380. The van der Waals surface area contributed by atoms with Gasteiger partial charge in [-0.05, 0) is 29.5 Å². The Morgan fingerprint density at radius 2 is 2.12 bits per heavy atom. The van der Waals surface area contributed by atoms with Crippen LogP contribution in [0.2, 0.25) is 0 Å². The number of nitrogens with two attached hydrogens (primary N) is 1. The third kappa shape index (κ3) is 3.26. The zero-order valence-electron chi connectivity index (χ0n) is 10.1. The summed E-state index contributed by atoms with van der Waals surface area (Å²) in [5, 5.41) is 0. The molecule has 3 nitrogen and oxygen atoms in total. The monoisotopic (exact) mass is 221 g/mol. The van der Waals surface area contributed by atoms with Gasteiger partial charge in [0.1, 0.15) is 5.75 Å². The van der Waals surface area contributed by atoms with Crippen molar-refractivity contribution in [3.63, 3.8) is 0 Å². The zero-order valence-corrected chi connectivity index (χ0v) is 10.1. The predicted molar refractivity (Wildman–Crippen MR) is 64.4 cm³/mol. The Balaban J connectivity index is 2.95. The van der Waals surface area contributed by atoms with Gasteiger partial charge in [0.25, 0.3) is 0 Å². The van der Waals surface area contributed by atoms with Crippen LogP contribution in [0.15, 0.2) is 24.3 Å². The minimum atomic E-state index is -0.262. The van der Waals surface area contributed by atoms with Gasteiger partial charge < -0.3 is 10.5 Å². The lowest BCUT2D eigenvalue weighted by molar-refractivity contribution is -0.118. The van der Waals surface area contributed by atoms with Crippen LogP contribution < -0.4 is 10.5 Å². The molecular weight excluding hydrogens is 202 g/mol. The average Bonchev–Trinajstić information content (AvgIpc) is 2.25. The second kappa shape index (κ2) is 5.54. The van der Waals surface area contributed by atoms with Crippen molar-refractivity contribution in [2.24, 2.45) is 11.7 Å². The van der Waals surface area contributed by atoms with Crippen LogP contribution in [0, 0.1) is 5.92 Å². The number of methoxy groups -OCH3 is 1. The zero-order chi connectivity index (χ0) is 12.1. The summed E-state index contributed by atoms with van der Waals surface area (Å²) >= 11 is 0. The number of amides is 1. The van der Waals surface area contributed by atoms with E-state index in [1.165, 1.54) is 0 Å². The highest BCUT2D eigenvalue weighted by atomic mass is 16.5. The van der Waals surface area contributed by atoms with E-state index in [2.05, 4.69) is 13.8 Å². The van der Waals surface area contributed by atoms with Crippen molar-refractivity contribution in [3.05, 3.63) is 29.8 Å². The minimum absolute atomic E-state index is 0.160. The van der Waals surface area contributed by atoms with Crippen molar-refractivity contribution in [1.29, 1.82) is 0 Å². The number of carbonyl (C=O) groups is 1. The maximum Gasteiger partial charge on any atom is 0.218 e. The molecule has 0 bridgehead atoms. The fourth-order valence-electron chi connectivity index (χ4n) is 1.83. The summed E-state index contributed by atoms with van der Waals surface area (Å²) in [7, 11) is 1.64. The molecule has 88 valence electrons. The number of carbonyl (C=O) groups excluding carboxylic acids is 1. The molecule has 1 atom stereocenters. The quantitative estimate of drug-likeness (QED) is 0.829.